The first kappa shape index (κ1) is 23.8. The van der Waals surface area contributed by atoms with E-state index in [0.29, 0.717) is 15.9 Å². The summed E-state index contributed by atoms with van der Waals surface area (Å²) in [6, 6.07) is 8.02. The number of halogens is 5. The van der Waals surface area contributed by atoms with Crippen molar-refractivity contribution in [2.45, 2.75) is 11.7 Å². The summed E-state index contributed by atoms with van der Waals surface area (Å²) in [5.74, 6) is -1.74. The molecule has 3 amide bonds. The summed E-state index contributed by atoms with van der Waals surface area (Å²) in [4.78, 5) is 30.1. The van der Waals surface area contributed by atoms with Gasteiger partial charge in [0.15, 0.2) is 5.13 Å². The highest BCUT2D eigenvalue weighted by atomic mass is 32.1. The molecule has 34 heavy (non-hydrogen) atoms. The second-order valence-electron chi connectivity index (χ2n) is 7.44. The summed E-state index contributed by atoms with van der Waals surface area (Å²) < 4.78 is 68.9. The predicted octanol–water partition coefficient (Wildman–Crippen LogP) is 4.24. The first-order valence-corrected chi connectivity index (χ1v) is 10.9. The number of aromatic nitrogens is 1. The van der Waals surface area contributed by atoms with Gasteiger partial charge in [-0.25, -0.2) is 18.6 Å². The number of nitrogens with one attached hydrogen (secondary N) is 3. The Morgan fingerprint density at radius 3 is 2.59 bits per heavy atom. The monoisotopic (exact) mass is 499 g/mol. The number of carbonyl (C=O) groups is 2. The smallest absolute Gasteiger partial charge is 0.337 e. The molecule has 1 fully saturated rings. The number of piperazine rings is 1. The standard InChI is InChI=1S/C21H18F5N5O2S/c22-7-9-31-10-8-27-20(17(31)32,21(24,25)26)12-1-6-15-16(11-12)34-19(29-15)30-18(33)28-14-4-2-13(23)3-5-14/h1-6,11,27H,7-10H2,(H2,28,29,30,33)/t20-/m1/s1. The number of amides is 3. The summed E-state index contributed by atoms with van der Waals surface area (Å²) in [7, 11) is 0. The third kappa shape index (κ3) is 4.40. The molecule has 0 radical (unpaired) electrons. The summed E-state index contributed by atoms with van der Waals surface area (Å²) >= 11 is 0.915. The van der Waals surface area contributed by atoms with Crippen LogP contribution < -0.4 is 16.0 Å². The van der Waals surface area contributed by atoms with E-state index in [4.69, 9.17) is 0 Å². The second-order valence-corrected chi connectivity index (χ2v) is 8.47. The molecule has 0 bridgehead atoms. The molecule has 13 heteroatoms. The predicted molar refractivity (Wildman–Crippen MR) is 117 cm³/mol. The maximum Gasteiger partial charge on any atom is 0.419 e. The lowest BCUT2D eigenvalue weighted by Crippen LogP contribution is -2.68. The fraction of sp³-hybridized carbons (Fsp3) is 0.286. The summed E-state index contributed by atoms with van der Waals surface area (Å²) in [5.41, 5.74) is -2.74. The van der Waals surface area contributed by atoms with E-state index >= 15 is 0 Å². The number of hydrogen-bond acceptors (Lipinski definition) is 5. The van der Waals surface area contributed by atoms with Gasteiger partial charge in [0, 0.05) is 25.3 Å². The van der Waals surface area contributed by atoms with Crippen LogP contribution in [0.5, 0.6) is 0 Å². The van der Waals surface area contributed by atoms with Gasteiger partial charge in [-0.2, -0.15) is 13.2 Å². The molecule has 4 rings (SSSR count). The number of hydrogen-bond donors (Lipinski definition) is 3. The van der Waals surface area contributed by atoms with Crippen LogP contribution in [-0.2, 0) is 10.3 Å². The molecule has 1 aliphatic rings. The van der Waals surface area contributed by atoms with Crippen LogP contribution in [0.15, 0.2) is 42.5 Å². The molecule has 0 spiro atoms. The number of thiazole rings is 1. The fourth-order valence-electron chi connectivity index (χ4n) is 3.72. The van der Waals surface area contributed by atoms with Crippen LogP contribution >= 0.6 is 11.3 Å². The van der Waals surface area contributed by atoms with Gasteiger partial charge >= 0.3 is 12.2 Å². The number of urea groups is 1. The zero-order valence-electron chi connectivity index (χ0n) is 17.4. The van der Waals surface area contributed by atoms with Gasteiger partial charge in [-0.3, -0.25) is 15.4 Å². The Morgan fingerprint density at radius 1 is 1.18 bits per heavy atom. The van der Waals surface area contributed by atoms with E-state index < -0.39 is 42.7 Å². The fourth-order valence-corrected chi connectivity index (χ4v) is 4.62. The van der Waals surface area contributed by atoms with Crippen molar-refractivity contribution in [1.29, 1.82) is 0 Å². The highest BCUT2D eigenvalue weighted by Gasteiger charge is 2.63. The average molecular weight is 499 g/mol. The van der Waals surface area contributed by atoms with Crippen molar-refractivity contribution in [3.05, 3.63) is 53.8 Å². The zero-order chi connectivity index (χ0) is 24.5. The van der Waals surface area contributed by atoms with Crippen molar-refractivity contribution < 1.29 is 31.5 Å². The third-order valence-electron chi connectivity index (χ3n) is 5.30. The van der Waals surface area contributed by atoms with Crippen molar-refractivity contribution in [1.82, 2.24) is 15.2 Å². The number of benzene rings is 2. The number of rotatable bonds is 5. The molecule has 1 aliphatic heterocycles. The SMILES string of the molecule is O=C(Nc1ccc(F)cc1)Nc1nc2ccc([C@@]3(C(F)(F)F)NCCN(CCF)C3=O)cc2s1. The maximum atomic E-state index is 14.3. The van der Waals surface area contributed by atoms with E-state index in [1.54, 1.807) is 0 Å². The van der Waals surface area contributed by atoms with E-state index in [1.165, 1.54) is 36.4 Å². The molecule has 180 valence electrons. The Kier molecular flexibility index (Phi) is 6.41. The largest absolute Gasteiger partial charge is 0.419 e. The molecule has 0 saturated carbocycles. The molecule has 1 saturated heterocycles. The normalized spacial score (nSPS) is 18.9. The van der Waals surface area contributed by atoms with Gasteiger partial charge in [-0.1, -0.05) is 17.4 Å². The topological polar surface area (TPSA) is 86.4 Å². The van der Waals surface area contributed by atoms with Crippen LogP contribution in [0.1, 0.15) is 5.56 Å². The highest BCUT2D eigenvalue weighted by Crippen LogP contribution is 2.43. The average Bonchev–Trinajstić information content (AvgIpc) is 3.17. The van der Waals surface area contributed by atoms with E-state index in [1.807, 2.05) is 0 Å². The maximum absolute atomic E-state index is 14.3. The first-order valence-electron chi connectivity index (χ1n) is 10.1. The van der Waals surface area contributed by atoms with Gasteiger partial charge in [0.05, 0.1) is 10.2 Å². The zero-order valence-corrected chi connectivity index (χ0v) is 18.2. The minimum atomic E-state index is -4.99. The van der Waals surface area contributed by atoms with Crippen molar-refractivity contribution in [2.24, 2.45) is 0 Å². The third-order valence-corrected chi connectivity index (χ3v) is 6.24. The molecule has 0 unspecified atom stereocenters. The molecule has 1 aromatic heterocycles. The minimum Gasteiger partial charge on any atom is -0.337 e. The van der Waals surface area contributed by atoms with Crippen LogP contribution in [0.4, 0.5) is 37.6 Å². The molecule has 3 N–H and O–H groups in total. The van der Waals surface area contributed by atoms with Crippen LogP contribution in [-0.4, -0.2) is 54.3 Å². The van der Waals surface area contributed by atoms with Crippen molar-refractivity contribution in [3.8, 4) is 0 Å². The van der Waals surface area contributed by atoms with Crippen LogP contribution in [0, 0.1) is 5.82 Å². The Bertz CT molecular complexity index is 1210. The van der Waals surface area contributed by atoms with Gasteiger partial charge in [-0.05, 0) is 42.0 Å². The summed E-state index contributed by atoms with van der Waals surface area (Å²) in [6.07, 6.45) is -4.99. The van der Waals surface area contributed by atoms with Crippen LogP contribution in [0.3, 0.4) is 0 Å². The van der Waals surface area contributed by atoms with Crippen molar-refractivity contribution in [3.63, 3.8) is 0 Å². The van der Waals surface area contributed by atoms with Gasteiger partial charge in [-0.15, -0.1) is 0 Å². The lowest BCUT2D eigenvalue weighted by molar-refractivity contribution is -0.214. The Morgan fingerprint density at radius 2 is 1.91 bits per heavy atom. The number of anilines is 2. The van der Waals surface area contributed by atoms with E-state index in [9.17, 15) is 31.5 Å². The molecule has 0 aliphatic carbocycles. The van der Waals surface area contributed by atoms with Crippen molar-refractivity contribution in [2.75, 3.05) is 36.9 Å². The highest BCUT2D eigenvalue weighted by molar-refractivity contribution is 7.22. The lowest BCUT2D eigenvalue weighted by Gasteiger charge is -2.43. The van der Waals surface area contributed by atoms with Gasteiger partial charge in [0.2, 0.25) is 5.54 Å². The number of carbonyl (C=O) groups excluding carboxylic acids is 2. The molecule has 7 nitrogen and oxygen atoms in total. The van der Waals surface area contributed by atoms with Crippen LogP contribution in [0.2, 0.25) is 0 Å². The lowest BCUT2D eigenvalue weighted by atomic mass is 9.85. The molecular formula is C21H18F5N5O2S. The molecule has 2 aromatic carbocycles. The van der Waals surface area contributed by atoms with Gasteiger partial charge < -0.3 is 10.2 Å². The summed E-state index contributed by atoms with van der Waals surface area (Å²) in [6.45, 7) is -1.59. The first-order chi connectivity index (χ1) is 16.1. The Labute approximate surface area is 194 Å². The number of alkyl halides is 4. The molecule has 1 atom stereocenters. The Balaban J connectivity index is 1.62. The van der Waals surface area contributed by atoms with Gasteiger partial charge in [0.1, 0.15) is 12.5 Å². The van der Waals surface area contributed by atoms with E-state index in [2.05, 4.69) is 20.9 Å². The summed E-state index contributed by atoms with van der Waals surface area (Å²) in [5, 5.41) is 7.37. The number of nitrogens with zero attached hydrogens (tertiary/aromatic N) is 2. The second kappa shape index (κ2) is 9.14. The quantitative estimate of drug-likeness (QED) is 0.459. The Hall–Kier alpha value is -3.32. The minimum absolute atomic E-state index is 0.0411. The molecule has 3 aromatic rings. The van der Waals surface area contributed by atoms with Crippen molar-refractivity contribution >= 4 is 44.3 Å². The number of fused-ring (bicyclic) bond motifs is 1. The molecular weight excluding hydrogens is 481 g/mol. The van der Waals surface area contributed by atoms with Gasteiger partial charge in [0.25, 0.3) is 5.91 Å². The van der Waals surface area contributed by atoms with E-state index in [-0.39, 0.29) is 23.8 Å². The van der Waals surface area contributed by atoms with Crippen LogP contribution in [0.25, 0.3) is 10.2 Å². The van der Waals surface area contributed by atoms with E-state index in [0.717, 1.165) is 22.3 Å². The molecule has 2 heterocycles.